The molecule has 0 aliphatic heterocycles. The van der Waals surface area contributed by atoms with Gasteiger partial charge in [0.2, 0.25) is 0 Å². The Balaban J connectivity index is 3.02. The number of carbonyl (C=O) groups excluding carboxylic acids is 1. The minimum absolute atomic E-state index is 0.0300. The smallest absolute Gasteiger partial charge is 0.255 e. The molecule has 1 N–H and O–H groups in total. The van der Waals surface area contributed by atoms with E-state index in [1.807, 2.05) is 6.92 Å². The first-order chi connectivity index (χ1) is 7.60. The Labute approximate surface area is 100.0 Å². The number of rotatable bonds is 4. The number of hydrogen-bond acceptors (Lipinski definition) is 2. The van der Waals surface area contributed by atoms with E-state index in [1.54, 1.807) is 11.0 Å². The molecule has 0 radical (unpaired) electrons. The third kappa shape index (κ3) is 2.76. The maximum absolute atomic E-state index is 12.0. The molecule has 1 aromatic carbocycles. The molecule has 0 unspecified atom stereocenters. The van der Waals surface area contributed by atoms with Gasteiger partial charge in [-0.25, -0.2) is 0 Å². The van der Waals surface area contributed by atoms with Crippen molar-refractivity contribution < 1.29 is 9.90 Å². The fraction of sp³-hybridized carbons (Fsp3) is 0.250. The van der Waals surface area contributed by atoms with E-state index in [-0.39, 0.29) is 11.7 Å². The van der Waals surface area contributed by atoms with Crippen molar-refractivity contribution in [3.63, 3.8) is 0 Å². The lowest BCUT2D eigenvalue weighted by atomic mass is 10.2. The molecule has 4 heteroatoms. The maximum atomic E-state index is 12.0. The Morgan fingerprint density at radius 3 is 2.88 bits per heavy atom. The number of phenols is 1. The first-order valence-electron chi connectivity index (χ1n) is 4.98. The van der Waals surface area contributed by atoms with Crippen LogP contribution in [0.15, 0.2) is 30.9 Å². The highest BCUT2D eigenvalue weighted by Gasteiger charge is 2.16. The van der Waals surface area contributed by atoms with E-state index < -0.39 is 0 Å². The molecule has 16 heavy (non-hydrogen) atoms. The Hall–Kier alpha value is -1.48. The maximum Gasteiger partial charge on any atom is 0.255 e. The molecule has 0 spiro atoms. The highest BCUT2D eigenvalue weighted by atomic mass is 35.5. The summed E-state index contributed by atoms with van der Waals surface area (Å²) in [7, 11) is 0. The van der Waals surface area contributed by atoms with Crippen LogP contribution in [0.1, 0.15) is 17.3 Å². The first kappa shape index (κ1) is 12.6. The molecule has 0 aliphatic rings. The minimum Gasteiger partial charge on any atom is -0.508 e. The molecule has 0 heterocycles. The highest BCUT2D eigenvalue weighted by molar-refractivity contribution is 6.33. The van der Waals surface area contributed by atoms with Gasteiger partial charge in [-0.2, -0.15) is 0 Å². The molecule has 1 aromatic rings. The number of halogens is 1. The normalized spacial score (nSPS) is 9.88. The summed E-state index contributed by atoms with van der Waals surface area (Å²) in [5, 5.41) is 9.66. The number of phenolic OH excluding ortho intramolecular Hbond substituents is 1. The standard InChI is InChI=1S/C12H14ClNO2/c1-3-7-14(4-2)12(16)10-8-9(15)5-6-11(10)13/h3,5-6,8,15H,1,4,7H2,2H3. The van der Waals surface area contributed by atoms with Gasteiger partial charge in [-0.05, 0) is 25.1 Å². The van der Waals surface area contributed by atoms with Crippen molar-refractivity contribution in [2.75, 3.05) is 13.1 Å². The predicted molar refractivity (Wildman–Crippen MR) is 64.9 cm³/mol. The van der Waals surface area contributed by atoms with Gasteiger partial charge in [-0.3, -0.25) is 4.79 Å². The molecule has 1 rings (SSSR count). The third-order valence-electron chi connectivity index (χ3n) is 2.20. The van der Waals surface area contributed by atoms with E-state index >= 15 is 0 Å². The van der Waals surface area contributed by atoms with E-state index in [9.17, 15) is 9.90 Å². The van der Waals surface area contributed by atoms with E-state index in [4.69, 9.17) is 11.6 Å². The molecule has 0 saturated carbocycles. The molecule has 0 fully saturated rings. The average molecular weight is 240 g/mol. The molecule has 0 bridgehead atoms. The summed E-state index contributed by atoms with van der Waals surface area (Å²) in [5.41, 5.74) is 0.311. The van der Waals surface area contributed by atoms with Crippen LogP contribution in [0.4, 0.5) is 0 Å². The second-order valence-corrected chi connectivity index (χ2v) is 3.70. The zero-order valence-electron chi connectivity index (χ0n) is 9.11. The number of carbonyl (C=O) groups is 1. The first-order valence-corrected chi connectivity index (χ1v) is 5.36. The van der Waals surface area contributed by atoms with Crippen LogP contribution in [-0.4, -0.2) is 29.0 Å². The number of likely N-dealkylation sites (N-methyl/N-ethyl adjacent to an activating group) is 1. The van der Waals surface area contributed by atoms with Crippen LogP contribution >= 0.6 is 11.6 Å². The summed E-state index contributed by atoms with van der Waals surface area (Å²) in [5.74, 6) is -0.175. The lowest BCUT2D eigenvalue weighted by Crippen LogP contribution is -2.31. The van der Waals surface area contributed by atoms with Crippen LogP contribution < -0.4 is 0 Å². The van der Waals surface area contributed by atoms with Gasteiger partial charge >= 0.3 is 0 Å². The molecule has 0 aliphatic carbocycles. The summed E-state index contributed by atoms with van der Waals surface area (Å²) >= 11 is 5.91. The Kier molecular flexibility index (Phi) is 4.38. The lowest BCUT2D eigenvalue weighted by molar-refractivity contribution is 0.0782. The van der Waals surface area contributed by atoms with Crippen molar-refractivity contribution in [2.24, 2.45) is 0 Å². The number of aromatic hydroxyl groups is 1. The van der Waals surface area contributed by atoms with E-state index in [2.05, 4.69) is 6.58 Å². The monoisotopic (exact) mass is 239 g/mol. The van der Waals surface area contributed by atoms with Gasteiger partial charge in [0.25, 0.3) is 5.91 Å². The molecule has 0 atom stereocenters. The van der Waals surface area contributed by atoms with Gasteiger partial charge in [0.15, 0.2) is 0 Å². The van der Waals surface area contributed by atoms with Gasteiger partial charge in [0.1, 0.15) is 5.75 Å². The molecule has 0 saturated heterocycles. The van der Waals surface area contributed by atoms with E-state index in [0.29, 0.717) is 23.7 Å². The second-order valence-electron chi connectivity index (χ2n) is 3.30. The lowest BCUT2D eigenvalue weighted by Gasteiger charge is -2.19. The SMILES string of the molecule is C=CCN(CC)C(=O)c1cc(O)ccc1Cl. The zero-order chi connectivity index (χ0) is 12.1. The van der Waals surface area contributed by atoms with Gasteiger partial charge in [0.05, 0.1) is 10.6 Å². The predicted octanol–water partition coefficient (Wildman–Crippen LogP) is 2.69. The van der Waals surface area contributed by atoms with E-state index in [0.717, 1.165) is 0 Å². The number of hydrogen-bond donors (Lipinski definition) is 1. The highest BCUT2D eigenvalue weighted by Crippen LogP contribution is 2.22. The zero-order valence-corrected chi connectivity index (χ0v) is 9.87. The molecular formula is C12H14ClNO2. The fourth-order valence-corrected chi connectivity index (χ4v) is 1.56. The quantitative estimate of drug-likeness (QED) is 0.821. The van der Waals surface area contributed by atoms with Crippen molar-refractivity contribution in [3.05, 3.63) is 41.4 Å². The van der Waals surface area contributed by atoms with Crippen LogP contribution in [0.2, 0.25) is 5.02 Å². The van der Waals surface area contributed by atoms with Gasteiger partial charge in [-0.1, -0.05) is 17.7 Å². The second kappa shape index (κ2) is 5.56. The fourth-order valence-electron chi connectivity index (χ4n) is 1.36. The van der Waals surface area contributed by atoms with Crippen molar-refractivity contribution in [2.45, 2.75) is 6.92 Å². The van der Waals surface area contributed by atoms with Crippen molar-refractivity contribution >= 4 is 17.5 Å². The van der Waals surface area contributed by atoms with Crippen molar-refractivity contribution in [3.8, 4) is 5.75 Å². The summed E-state index contributed by atoms with van der Waals surface area (Å²) in [6, 6.07) is 4.32. The molecular weight excluding hydrogens is 226 g/mol. The Morgan fingerprint density at radius 1 is 1.62 bits per heavy atom. The topological polar surface area (TPSA) is 40.5 Å². The van der Waals surface area contributed by atoms with Crippen LogP contribution in [0.25, 0.3) is 0 Å². The molecule has 1 amide bonds. The van der Waals surface area contributed by atoms with Gasteiger partial charge in [0, 0.05) is 13.1 Å². The molecule has 86 valence electrons. The Morgan fingerprint density at radius 2 is 2.31 bits per heavy atom. The van der Waals surface area contributed by atoms with E-state index in [1.165, 1.54) is 18.2 Å². The van der Waals surface area contributed by atoms with Crippen LogP contribution in [0.5, 0.6) is 5.75 Å². The number of nitrogens with zero attached hydrogens (tertiary/aromatic N) is 1. The largest absolute Gasteiger partial charge is 0.508 e. The summed E-state index contributed by atoms with van der Waals surface area (Å²) < 4.78 is 0. The number of benzene rings is 1. The van der Waals surface area contributed by atoms with Crippen LogP contribution in [0.3, 0.4) is 0 Å². The average Bonchev–Trinajstić information content (AvgIpc) is 2.28. The van der Waals surface area contributed by atoms with Gasteiger partial charge in [-0.15, -0.1) is 6.58 Å². The summed E-state index contributed by atoms with van der Waals surface area (Å²) in [6.07, 6.45) is 1.65. The van der Waals surface area contributed by atoms with Crippen LogP contribution in [0, 0.1) is 0 Å². The minimum atomic E-state index is -0.205. The Bertz CT molecular complexity index is 404. The molecule has 0 aromatic heterocycles. The summed E-state index contributed by atoms with van der Waals surface area (Å²) in [6.45, 7) is 6.49. The van der Waals surface area contributed by atoms with Gasteiger partial charge < -0.3 is 10.0 Å². The number of amides is 1. The van der Waals surface area contributed by atoms with Crippen LogP contribution in [-0.2, 0) is 0 Å². The third-order valence-corrected chi connectivity index (χ3v) is 2.53. The summed E-state index contributed by atoms with van der Waals surface area (Å²) in [4.78, 5) is 13.6. The van der Waals surface area contributed by atoms with Crippen molar-refractivity contribution in [1.29, 1.82) is 0 Å². The van der Waals surface area contributed by atoms with Crippen molar-refractivity contribution in [1.82, 2.24) is 4.90 Å². The molecule has 3 nitrogen and oxygen atoms in total.